The summed E-state index contributed by atoms with van der Waals surface area (Å²) in [5.74, 6) is 0. The van der Waals surface area contributed by atoms with Gasteiger partial charge in [0, 0.05) is 18.2 Å². The van der Waals surface area contributed by atoms with Gasteiger partial charge in [-0.05, 0) is 13.8 Å². The Morgan fingerprint density at radius 1 is 1.25 bits per heavy atom. The van der Waals surface area contributed by atoms with E-state index in [1.165, 1.54) is 19.1 Å². The minimum Gasteiger partial charge on any atom is -0.397 e. The van der Waals surface area contributed by atoms with Gasteiger partial charge in [-0.3, -0.25) is 20.2 Å². The minimum atomic E-state index is -0.759. The van der Waals surface area contributed by atoms with Crippen LogP contribution in [0.3, 0.4) is 0 Å². The molecule has 0 atom stereocenters. The lowest BCUT2D eigenvalue weighted by Crippen LogP contribution is -1.98. The average molecular weight is 228 g/mol. The Morgan fingerprint density at radius 2 is 1.75 bits per heavy atom. The lowest BCUT2D eigenvalue weighted by atomic mass is 10.2. The molecule has 0 fully saturated rings. The zero-order valence-electron chi connectivity index (χ0n) is 8.91. The zero-order chi connectivity index (χ0) is 12.7. The molecule has 0 aromatic heterocycles. The maximum absolute atomic E-state index is 10.4. The van der Waals surface area contributed by atoms with Crippen molar-refractivity contribution in [2.45, 2.75) is 13.8 Å². The lowest BCUT2D eigenvalue weighted by molar-refractivity contribution is -0.422. The highest BCUT2D eigenvalue weighted by atomic mass is 16.6. The van der Waals surface area contributed by atoms with Crippen molar-refractivity contribution in [2.75, 3.05) is 6.61 Å². The van der Waals surface area contributed by atoms with Gasteiger partial charge in [0.05, 0.1) is 9.85 Å². The number of hydrogen-bond donors (Lipinski definition) is 1. The number of nitro benzene ring substituents is 2. The third-order valence-corrected chi connectivity index (χ3v) is 1.60. The fraction of sp³-hybridized carbons (Fsp3) is 0.333. The number of nitro groups is 2. The number of aliphatic hydroxyl groups is 1. The number of rotatable bonds is 2. The number of aliphatic hydroxyl groups excluding tert-OH is 1. The largest absolute Gasteiger partial charge is 0.397 e. The third kappa shape index (κ3) is 3.62. The summed E-state index contributed by atoms with van der Waals surface area (Å²) in [5.41, 5.74) is -0.614. The third-order valence-electron chi connectivity index (χ3n) is 1.60. The van der Waals surface area contributed by atoms with E-state index in [0.717, 1.165) is 6.07 Å². The lowest BCUT2D eigenvalue weighted by Gasteiger charge is -1.96. The Balaban J connectivity index is 0.000000673. The second-order valence-electron chi connectivity index (χ2n) is 2.77. The first-order valence-electron chi connectivity index (χ1n) is 4.44. The number of benzene rings is 1. The molecule has 0 amide bonds. The number of nitrogens with zero attached hydrogens (tertiary/aromatic N) is 2. The number of aryl methyl sites for hydroxylation is 1. The molecule has 0 bridgehead atoms. The molecule has 0 radical (unpaired) electrons. The van der Waals surface area contributed by atoms with Crippen LogP contribution < -0.4 is 0 Å². The van der Waals surface area contributed by atoms with E-state index in [1.807, 2.05) is 0 Å². The van der Waals surface area contributed by atoms with Crippen LogP contribution in [0.25, 0.3) is 0 Å². The predicted octanol–water partition coefficient (Wildman–Crippen LogP) is 1.81. The van der Waals surface area contributed by atoms with Gasteiger partial charge in [0.15, 0.2) is 0 Å². The maximum Gasteiger partial charge on any atom is 0.348 e. The van der Waals surface area contributed by atoms with E-state index < -0.39 is 21.2 Å². The first kappa shape index (κ1) is 14.0. The van der Waals surface area contributed by atoms with Crippen LogP contribution >= 0.6 is 0 Å². The van der Waals surface area contributed by atoms with Gasteiger partial charge in [-0.2, -0.15) is 0 Å². The Hall–Kier alpha value is -2.02. The van der Waals surface area contributed by atoms with Crippen LogP contribution in [-0.4, -0.2) is 21.6 Å². The molecular formula is C9H12N2O5. The van der Waals surface area contributed by atoms with Gasteiger partial charge in [0.2, 0.25) is 0 Å². The van der Waals surface area contributed by atoms with Crippen molar-refractivity contribution in [1.82, 2.24) is 0 Å². The fourth-order valence-electron chi connectivity index (χ4n) is 1.03. The van der Waals surface area contributed by atoms with E-state index in [4.69, 9.17) is 5.11 Å². The van der Waals surface area contributed by atoms with E-state index in [9.17, 15) is 20.2 Å². The fourth-order valence-corrected chi connectivity index (χ4v) is 1.03. The van der Waals surface area contributed by atoms with Crippen LogP contribution in [0.4, 0.5) is 11.4 Å². The SMILES string of the molecule is CCO.Cc1cccc([N+](=O)[O-])c1[N+](=O)[O-]. The van der Waals surface area contributed by atoms with Crippen LogP contribution in [-0.2, 0) is 0 Å². The predicted molar refractivity (Wildman–Crippen MR) is 57.2 cm³/mol. The zero-order valence-corrected chi connectivity index (χ0v) is 8.91. The molecule has 88 valence electrons. The molecule has 1 rings (SSSR count). The standard InChI is InChI=1S/C7H6N2O4.C2H6O/c1-5-3-2-4-6(8(10)11)7(5)9(12)13;1-2-3/h2-4H,1H3;3H,2H2,1H3. The molecule has 7 nitrogen and oxygen atoms in total. The van der Waals surface area contributed by atoms with Crippen LogP contribution in [0.5, 0.6) is 0 Å². The van der Waals surface area contributed by atoms with Crippen molar-refractivity contribution in [3.63, 3.8) is 0 Å². The average Bonchev–Trinajstić information content (AvgIpc) is 2.17. The van der Waals surface area contributed by atoms with Crippen LogP contribution in [0.1, 0.15) is 12.5 Å². The number of para-hydroxylation sites is 1. The molecule has 1 aromatic carbocycles. The summed E-state index contributed by atoms with van der Waals surface area (Å²) >= 11 is 0. The Kier molecular flexibility index (Phi) is 5.65. The van der Waals surface area contributed by atoms with Crippen molar-refractivity contribution >= 4 is 11.4 Å². The molecule has 0 saturated heterocycles. The summed E-state index contributed by atoms with van der Waals surface area (Å²) in [6, 6.07) is 4.00. The van der Waals surface area contributed by atoms with Gasteiger partial charge in [-0.1, -0.05) is 12.1 Å². The summed E-state index contributed by atoms with van der Waals surface area (Å²) < 4.78 is 0. The summed E-state index contributed by atoms with van der Waals surface area (Å²) in [6.45, 7) is 3.39. The van der Waals surface area contributed by atoms with E-state index in [1.54, 1.807) is 6.92 Å². The topological polar surface area (TPSA) is 107 Å². The van der Waals surface area contributed by atoms with Gasteiger partial charge in [0.1, 0.15) is 0 Å². The van der Waals surface area contributed by atoms with Gasteiger partial charge in [-0.15, -0.1) is 0 Å². The van der Waals surface area contributed by atoms with E-state index in [2.05, 4.69) is 0 Å². The molecule has 0 heterocycles. The summed E-state index contributed by atoms with van der Waals surface area (Å²) in [5, 5.41) is 28.4. The first-order valence-corrected chi connectivity index (χ1v) is 4.44. The highest BCUT2D eigenvalue weighted by Gasteiger charge is 2.25. The Bertz CT molecular complexity index is 391. The van der Waals surface area contributed by atoms with E-state index >= 15 is 0 Å². The molecule has 0 aliphatic carbocycles. The van der Waals surface area contributed by atoms with Gasteiger partial charge in [-0.25, -0.2) is 0 Å². The normalized spacial score (nSPS) is 8.94. The molecule has 1 N–H and O–H groups in total. The van der Waals surface area contributed by atoms with Crippen LogP contribution in [0, 0.1) is 27.2 Å². The van der Waals surface area contributed by atoms with Crippen LogP contribution in [0.15, 0.2) is 18.2 Å². The molecule has 0 spiro atoms. The molecule has 0 aliphatic rings. The molecule has 1 aromatic rings. The van der Waals surface area contributed by atoms with Gasteiger partial charge >= 0.3 is 11.4 Å². The van der Waals surface area contributed by atoms with E-state index in [-0.39, 0.29) is 6.61 Å². The first-order chi connectivity index (χ1) is 7.45. The maximum atomic E-state index is 10.4. The van der Waals surface area contributed by atoms with Crippen molar-refractivity contribution in [3.8, 4) is 0 Å². The summed E-state index contributed by atoms with van der Waals surface area (Å²) in [4.78, 5) is 19.3. The molecule has 16 heavy (non-hydrogen) atoms. The van der Waals surface area contributed by atoms with Crippen molar-refractivity contribution < 1.29 is 15.0 Å². The van der Waals surface area contributed by atoms with E-state index in [0.29, 0.717) is 5.56 Å². The highest BCUT2D eigenvalue weighted by Crippen LogP contribution is 2.29. The van der Waals surface area contributed by atoms with Crippen molar-refractivity contribution in [3.05, 3.63) is 44.0 Å². The molecule has 7 heteroatoms. The second-order valence-corrected chi connectivity index (χ2v) is 2.77. The minimum absolute atomic E-state index is 0.250. The highest BCUT2D eigenvalue weighted by molar-refractivity contribution is 5.56. The van der Waals surface area contributed by atoms with Gasteiger partial charge < -0.3 is 5.11 Å². The Labute approximate surface area is 91.6 Å². The van der Waals surface area contributed by atoms with Crippen LogP contribution in [0.2, 0.25) is 0 Å². The molecule has 0 aliphatic heterocycles. The van der Waals surface area contributed by atoms with Crippen molar-refractivity contribution in [1.29, 1.82) is 0 Å². The quantitative estimate of drug-likeness (QED) is 0.613. The Morgan fingerprint density at radius 3 is 2.06 bits per heavy atom. The molecule has 0 saturated carbocycles. The molecular weight excluding hydrogens is 216 g/mol. The van der Waals surface area contributed by atoms with Gasteiger partial charge in [0.25, 0.3) is 0 Å². The smallest absolute Gasteiger partial charge is 0.348 e. The second kappa shape index (κ2) is 6.46. The monoisotopic (exact) mass is 228 g/mol. The number of hydrogen-bond acceptors (Lipinski definition) is 5. The molecule has 0 unspecified atom stereocenters. The summed E-state index contributed by atoms with van der Waals surface area (Å²) in [6.07, 6.45) is 0. The van der Waals surface area contributed by atoms with Crippen molar-refractivity contribution in [2.24, 2.45) is 0 Å². The summed E-state index contributed by atoms with van der Waals surface area (Å²) in [7, 11) is 0.